The second-order valence-corrected chi connectivity index (χ2v) is 6.13. The SMILES string of the molecule is CCOC(=O)CCCCn1c(C)c(-c2cccnc2)c2ccccc21. The summed E-state index contributed by atoms with van der Waals surface area (Å²) in [6.07, 6.45) is 5.99. The molecule has 3 aromatic rings. The molecule has 0 saturated carbocycles. The van der Waals surface area contributed by atoms with Crippen LogP contribution in [0.15, 0.2) is 48.8 Å². The first-order valence-corrected chi connectivity index (χ1v) is 8.86. The molecule has 0 unspecified atom stereocenters. The summed E-state index contributed by atoms with van der Waals surface area (Å²) in [5, 5.41) is 1.25. The van der Waals surface area contributed by atoms with Gasteiger partial charge in [-0.05, 0) is 38.8 Å². The van der Waals surface area contributed by atoms with Gasteiger partial charge in [0.05, 0.1) is 6.61 Å². The first kappa shape index (κ1) is 17.2. The van der Waals surface area contributed by atoms with Crippen molar-refractivity contribution in [2.75, 3.05) is 6.61 Å². The number of pyridine rings is 1. The zero-order valence-corrected chi connectivity index (χ0v) is 14.9. The first-order valence-electron chi connectivity index (χ1n) is 8.86. The maximum atomic E-state index is 11.5. The predicted octanol–water partition coefficient (Wildman–Crippen LogP) is 4.75. The van der Waals surface area contributed by atoms with Crippen LogP contribution in [0.25, 0.3) is 22.0 Å². The van der Waals surface area contributed by atoms with E-state index in [-0.39, 0.29) is 5.97 Å². The lowest BCUT2D eigenvalue weighted by Gasteiger charge is -2.09. The van der Waals surface area contributed by atoms with E-state index in [1.165, 1.54) is 22.2 Å². The van der Waals surface area contributed by atoms with E-state index in [0.29, 0.717) is 13.0 Å². The van der Waals surface area contributed by atoms with Crippen LogP contribution in [0.1, 0.15) is 31.9 Å². The van der Waals surface area contributed by atoms with Gasteiger partial charge >= 0.3 is 5.97 Å². The third-order valence-corrected chi connectivity index (χ3v) is 4.50. The van der Waals surface area contributed by atoms with Crippen LogP contribution in [-0.4, -0.2) is 22.1 Å². The molecule has 0 saturated heterocycles. The van der Waals surface area contributed by atoms with Gasteiger partial charge in [-0.2, -0.15) is 0 Å². The largest absolute Gasteiger partial charge is 0.466 e. The van der Waals surface area contributed by atoms with Gasteiger partial charge < -0.3 is 9.30 Å². The fourth-order valence-electron chi connectivity index (χ4n) is 3.37. The Bertz CT molecular complexity index is 853. The number of carbonyl (C=O) groups is 1. The lowest BCUT2D eigenvalue weighted by molar-refractivity contribution is -0.143. The summed E-state index contributed by atoms with van der Waals surface area (Å²) in [4.78, 5) is 15.8. The molecule has 0 aliphatic rings. The standard InChI is InChI=1S/C21H24N2O2/c1-3-25-20(24)12-6-7-14-23-16(2)21(17-9-8-13-22-15-17)18-10-4-5-11-19(18)23/h4-5,8-11,13,15H,3,6-7,12,14H2,1-2H3. The molecular weight excluding hydrogens is 312 g/mol. The molecular formula is C21H24N2O2. The summed E-state index contributed by atoms with van der Waals surface area (Å²) >= 11 is 0. The number of unbranched alkanes of at least 4 members (excludes halogenated alkanes) is 1. The molecule has 0 amide bonds. The number of para-hydroxylation sites is 1. The molecule has 4 heteroatoms. The minimum Gasteiger partial charge on any atom is -0.466 e. The third kappa shape index (κ3) is 3.73. The number of rotatable bonds is 7. The Hall–Kier alpha value is -2.62. The molecule has 2 heterocycles. The summed E-state index contributed by atoms with van der Waals surface area (Å²) < 4.78 is 7.35. The van der Waals surface area contributed by atoms with Crippen LogP contribution in [0.5, 0.6) is 0 Å². The maximum absolute atomic E-state index is 11.5. The molecule has 0 N–H and O–H groups in total. The average molecular weight is 336 g/mol. The van der Waals surface area contributed by atoms with Crippen LogP contribution in [0.4, 0.5) is 0 Å². The number of hydrogen-bond acceptors (Lipinski definition) is 3. The number of fused-ring (bicyclic) bond motifs is 1. The Kier molecular flexibility index (Phi) is 5.49. The van der Waals surface area contributed by atoms with Crippen molar-refractivity contribution >= 4 is 16.9 Å². The lowest BCUT2D eigenvalue weighted by atomic mass is 10.0. The molecule has 3 rings (SSSR count). The van der Waals surface area contributed by atoms with Crippen molar-refractivity contribution in [2.24, 2.45) is 0 Å². The van der Waals surface area contributed by atoms with Crippen molar-refractivity contribution in [3.05, 3.63) is 54.5 Å². The summed E-state index contributed by atoms with van der Waals surface area (Å²) in [5.41, 5.74) is 4.86. The van der Waals surface area contributed by atoms with Gasteiger partial charge in [0.1, 0.15) is 0 Å². The van der Waals surface area contributed by atoms with E-state index in [1.54, 1.807) is 6.20 Å². The highest BCUT2D eigenvalue weighted by molar-refractivity contribution is 5.97. The van der Waals surface area contributed by atoms with Gasteiger partial charge in [-0.25, -0.2) is 0 Å². The number of benzene rings is 1. The molecule has 2 aromatic heterocycles. The molecule has 0 fully saturated rings. The predicted molar refractivity (Wildman–Crippen MR) is 100 cm³/mol. The summed E-state index contributed by atoms with van der Waals surface area (Å²) in [5.74, 6) is -0.104. The molecule has 25 heavy (non-hydrogen) atoms. The third-order valence-electron chi connectivity index (χ3n) is 4.50. The Labute approximate surface area is 148 Å². The Morgan fingerprint density at radius 2 is 2.00 bits per heavy atom. The van der Waals surface area contributed by atoms with Crippen molar-refractivity contribution in [2.45, 2.75) is 39.7 Å². The molecule has 4 nitrogen and oxygen atoms in total. The zero-order chi connectivity index (χ0) is 17.6. The first-order chi connectivity index (χ1) is 12.2. The molecule has 0 spiro atoms. The van der Waals surface area contributed by atoms with Crippen molar-refractivity contribution in [3.8, 4) is 11.1 Å². The normalized spacial score (nSPS) is 11.0. The number of carbonyl (C=O) groups excluding carboxylic acids is 1. The quantitative estimate of drug-likeness (QED) is 0.462. The Morgan fingerprint density at radius 1 is 1.16 bits per heavy atom. The average Bonchev–Trinajstić information content (AvgIpc) is 2.91. The number of hydrogen-bond donors (Lipinski definition) is 0. The van der Waals surface area contributed by atoms with Gasteiger partial charge in [0.2, 0.25) is 0 Å². The highest BCUT2D eigenvalue weighted by Gasteiger charge is 2.15. The fraction of sp³-hybridized carbons (Fsp3) is 0.333. The molecule has 0 atom stereocenters. The number of aryl methyl sites for hydroxylation is 1. The highest BCUT2D eigenvalue weighted by atomic mass is 16.5. The molecule has 1 aromatic carbocycles. The van der Waals surface area contributed by atoms with E-state index >= 15 is 0 Å². The monoisotopic (exact) mass is 336 g/mol. The number of ether oxygens (including phenoxy) is 1. The second-order valence-electron chi connectivity index (χ2n) is 6.13. The molecule has 0 aliphatic carbocycles. The highest BCUT2D eigenvalue weighted by Crippen LogP contribution is 2.34. The molecule has 130 valence electrons. The number of aromatic nitrogens is 2. The number of esters is 1. The van der Waals surface area contributed by atoms with Crippen molar-refractivity contribution in [3.63, 3.8) is 0 Å². The van der Waals surface area contributed by atoms with E-state index < -0.39 is 0 Å². The van der Waals surface area contributed by atoms with Gasteiger partial charge in [0.15, 0.2) is 0 Å². The second kappa shape index (κ2) is 7.97. The van der Waals surface area contributed by atoms with Gasteiger partial charge in [-0.15, -0.1) is 0 Å². The molecule has 0 bridgehead atoms. The van der Waals surface area contributed by atoms with Crippen LogP contribution in [0.3, 0.4) is 0 Å². The van der Waals surface area contributed by atoms with Gasteiger partial charge in [0, 0.05) is 53.1 Å². The maximum Gasteiger partial charge on any atom is 0.305 e. The van der Waals surface area contributed by atoms with E-state index in [1.807, 2.05) is 19.2 Å². The van der Waals surface area contributed by atoms with Gasteiger partial charge in [-0.1, -0.05) is 24.3 Å². The number of nitrogens with zero attached hydrogens (tertiary/aromatic N) is 2. The van der Waals surface area contributed by atoms with Crippen LogP contribution < -0.4 is 0 Å². The van der Waals surface area contributed by atoms with Crippen LogP contribution >= 0.6 is 0 Å². The minimum absolute atomic E-state index is 0.104. The van der Waals surface area contributed by atoms with Crippen LogP contribution in [0.2, 0.25) is 0 Å². The minimum atomic E-state index is -0.104. The van der Waals surface area contributed by atoms with E-state index in [4.69, 9.17) is 4.74 Å². The van der Waals surface area contributed by atoms with E-state index in [2.05, 4.69) is 46.8 Å². The zero-order valence-electron chi connectivity index (χ0n) is 14.9. The summed E-state index contributed by atoms with van der Waals surface area (Å²) in [6, 6.07) is 12.6. The smallest absolute Gasteiger partial charge is 0.305 e. The Morgan fingerprint density at radius 3 is 2.76 bits per heavy atom. The topological polar surface area (TPSA) is 44.1 Å². The van der Waals surface area contributed by atoms with Crippen molar-refractivity contribution in [1.82, 2.24) is 9.55 Å². The van der Waals surface area contributed by atoms with Gasteiger partial charge in [-0.3, -0.25) is 9.78 Å². The molecule has 0 radical (unpaired) electrons. The summed E-state index contributed by atoms with van der Waals surface area (Å²) in [6.45, 7) is 5.35. The lowest BCUT2D eigenvalue weighted by Crippen LogP contribution is -2.05. The fourth-order valence-corrected chi connectivity index (χ4v) is 3.37. The van der Waals surface area contributed by atoms with Crippen LogP contribution in [0, 0.1) is 6.92 Å². The van der Waals surface area contributed by atoms with Crippen LogP contribution in [-0.2, 0) is 16.1 Å². The van der Waals surface area contributed by atoms with Crippen molar-refractivity contribution in [1.29, 1.82) is 0 Å². The molecule has 0 aliphatic heterocycles. The Balaban J connectivity index is 1.84. The van der Waals surface area contributed by atoms with Crippen molar-refractivity contribution < 1.29 is 9.53 Å². The van der Waals surface area contributed by atoms with E-state index in [0.717, 1.165) is 24.9 Å². The summed E-state index contributed by atoms with van der Waals surface area (Å²) in [7, 11) is 0. The van der Waals surface area contributed by atoms with E-state index in [9.17, 15) is 4.79 Å². The van der Waals surface area contributed by atoms with Gasteiger partial charge in [0.25, 0.3) is 0 Å².